The number of amides is 1. The molecule has 7 heteroatoms. The number of halogens is 4. The zero-order chi connectivity index (χ0) is 14.7. The standard InChI is InChI=1S/C14H17F3N2O.ClH/c1-8(9-3-2-4-18-7-9)19-14(20)10-5-11(15)13(17)12(16)6-10;/h5-6,8-9,18H,2-4,7H2,1H3,(H,19,20);1H. The Hall–Kier alpha value is -1.27. The zero-order valence-electron chi connectivity index (χ0n) is 11.6. The van der Waals surface area contributed by atoms with Crippen LogP contribution >= 0.6 is 12.4 Å². The van der Waals surface area contributed by atoms with Gasteiger partial charge in [0.25, 0.3) is 5.91 Å². The summed E-state index contributed by atoms with van der Waals surface area (Å²) in [6.07, 6.45) is 2.02. The number of piperidine rings is 1. The molecule has 1 aliphatic heterocycles. The highest BCUT2D eigenvalue weighted by Crippen LogP contribution is 2.16. The molecule has 118 valence electrons. The first-order valence-electron chi connectivity index (χ1n) is 6.65. The molecule has 2 N–H and O–H groups in total. The summed E-state index contributed by atoms with van der Waals surface area (Å²) in [5.74, 6) is -4.60. The lowest BCUT2D eigenvalue weighted by atomic mass is 9.92. The SMILES string of the molecule is CC(NC(=O)c1cc(F)c(F)c(F)c1)C1CCCNC1.Cl. The number of hydrogen-bond donors (Lipinski definition) is 2. The molecule has 1 aromatic carbocycles. The molecule has 2 unspecified atom stereocenters. The zero-order valence-corrected chi connectivity index (χ0v) is 12.4. The number of rotatable bonds is 3. The van der Waals surface area contributed by atoms with Crippen LogP contribution in [-0.2, 0) is 0 Å². The molecule has 0 saturated carbocycles. The van der Waals surface area contributed by atoms with Crippen molar-refractivity contribution >= 4 is 18.3 Å². The van der Waals surface area contributed by atoms with Gasteiger partial charge in [-0.25, -0.2) is 13.2 Å². The van der Waals surface area contributed by atoms with E-state index in [1.807, 2.05) is 6.92 Å². The predicted octanol–water partition coefficient (Wildman–Crippen LogP) is 2.64. The maximum absolute atomic E-state index is 13.1. The molecule has 1 aliphatic rings. The maximum atomic E-state index is 13.1. The second-order valence-corrected chi connectivity index (χ2v) is 5.12. The van der Waals surface area contributed by atoms with Crippen LogP contribution in [0.3, 0.4) is 0 Å². The molecule has 1 heterocycles. The van der Waals surface area contributed by atoms with E-state index in [-0.39, 0.29) is 29.9 Å². The van der Waals surface area contributed by atoms with Crippen LogP contribution in [0.5, 0.6) is 0 Å². The molecule has 0 bridgehead atoms. The average Bonchev–Trinajstić information content (AvgIpc) is 2.45. The van der Waals surface area contributed by atoms with Crippen LogP contribution in [-0.4, -0.2) is 25.0 Å². The Kier molecular flexibility index (Phi) is 6.48. The quantitative estimate of drug-likeness (QED) is 0.840. The van der Waals surface area contributed by atoms with Crippen LogP contribution in [0.4, 0.5) is 13.2 Å². The summed E-state index contributed by atoms with van der Waals surface area (Å²) < 4.78 is 39.0. The molecule has 2 rings (SSSR count). The highest BCUT2D eigenvalue weighted by Gasteiger charge is 2.22. The van der Waals surface area contributed by atoms with Crippen molar-refractivity contribution in [2.45, 2.75) is 25.8 Å². The third-order valence-electron chi connectivity index (χ3n) is 3.65. The first kappa shape index (κ1) is 17.8. The number of nitrogens with one attached hydrogen (secondary N) is 2. The normalized spacial score (nSPS) is 19.5. The Bertz CT molecular complexity index is 484. The van der Waals surface area contributed by atoms with Crippen molar-refractivity contribution in [2.24, 2.45) is 5.92 Å². The van der Waals surface area contributed by atoms with Gasteiger partial charge < -0.3 is 10.6 Å². The van der Waals surface area contributed by atoms with Crippen molar-refractivity contribution in [3.63, 3.8) is 0 Å². The smallest absolute Gasteiger partial charge is 0.251 e. The molecule has 2 atom stereocenters. The molecule has 0 spiro atoms. The van der Waals surface area contributed by atoms with Crippen LogP contribution in [0.1, 0.15) is 30.1 Å². The lowest BCUT2D eigenvalue weighted by Crippen LogP contribution is -2.44. The van der Waals surface area contributed by atoms with Crippen molar-refractivity contribution in [1.29, 1.82) is 0 Å². The van der Waals surface area contributed by atoms with E-state index in [0.29, 0.717) is 12.1 Å². The first-order chi connectivity index (χ1) is 9.49. The monoisotopic (exact) mass is 322 g/mol. The van der Waals surface area contributed by atoms with Gasteiger partial charge in [-0.1, -0.05) is 0 Å². The van der Waals surface area contributed by atoms with E-state index < -0.39 is 23.4 Å². The van der Waals surface area contributed by atoms with Crippen molar-refractivity contribution in [2.75, 3.05) is 13.1 Å². The van der Waals surface area contributed by atoms with Gasteiger partial charge in [0.1, 0.15) is 0 Å². The van der Waals surface area contributed by atoms with Gasteiger partial charge in [-0.15, -0.1) is 12.4 Å². The summed E-state index contributed by atoms with van der Waals surface area (Å²) in [4.78, 5) is 11.9. The van der Waals surface area contributed by atoms with Gasteiger partial charge in [-0.3, -0.25) is 4.79 Å². The summed E-state index contributed by atoms with van der Waals surface area (Å²) >= 11 is 0. The first-order valence-corrected chi connectivity index (χ1v) is 6.65. The van der Waals surface area contributed by atoms with Crippen LogP contribution in [0.15, 0.2) is 12.1 Å². The van der Waals surface area contributed by atoms with E-state index in [1.165, 1.54) is 0 Å². The average molecular weight is 323 g/mol. The number of carbonyl (C=O) groups is 1. The van der Waals surface area contributed by atoms with Gasteiger partial charge in [0, 0.05) is 11.6 Å². The Morgan fingerprint density at radius 2 is 1.95 bits per heavy atom. The summed E-state index contributed by atoms with van der Waals surface area (Å²) in [6, 6.07) is 1.30. The molecule has 0 aliphatic carbocycles. The Balaban J connectivity index is 0.00000220. The van der Waals surface area contributed by atoms with Crippen LogP contribution in [0, 0.1) is 23.4 Å². The fourth-order valence-corrected chi connectivity index (χ4v) is 2.40. The van der Waals surface area contributed by atoms with Crippen molar-refractivity contribution < 1.29 is 18.0 Å². The Morgan fingerprint density at radius 1 is 1.33 bits per heavy atom. The minimum Gasteiger partial charge on any atom is -0.349 e. The van der Waals surface area contributed by atoms with E-state index in [0.717, 1.165) is 25.9 Å². The molecule has 1 amide bonds. The summed E-state index contributed by atoms with van der Waals surface area (Å²) in [6.45, 7) is 3.62. The van der Waals surface area contributed by atoms with Gasteiger partial charge in [0.15, 0.2) is 17.5 Å². The highest BCUT2D eigenvalue weighted by atomic mass is 35.5. The lowest BCUT2D eigenvalue weighted by molar-refractivity contribution is 0.0920. The lowest BCUT2D eigenvalue weighted by Gasteiger charge is -2.28. The fraction of sp³-hybridized carbons (Fsp3) is 0.500. The third kappa shape index (κ3) is 4.35. The van der Waals surface area contributed by atoms with Gasteiger partial charge in [0.05, 0.1) is 0 Å². The van der Waals surface area contributed by atoms with Crippen molar-refractivity contribution in [1.82, 2.24) is 10.6 Å². The van der Waals surface area contributed by atoms with Gasteiger partial charge >= 0.3 is 0 Å². The number of carbonyl (C=O) groups excluding carboxylic acids is 1. The molecule has 3 nitrogen and oxygen atoms in total. The topological polar surface area (TPSA) is 41.1 Å². The molecule has 1 saturated heterocycles. The van der Waals surface area contributed by atoms with Crippen molar-refractivity contribution in [3.05, 3.63) is 35.1 Å². The van der Waals surface area contributed by atoms with Crippen LogP contribution < -0.4 is 10.6 Å². The van der Waals surface area contributed by atoms with E-state index in [4.69, 9.17) is 0 Å². The molecule has 0 aromatic heterocycles. The van der Waals surface area contributed by atoms with E-state index in [9.17, 15) is 18.0 Å². The van der Waals surface area contributed by atoms with Gasteiger partial charge in [-0.2, -0.15) is 0 Å². The second-order valence-electron chi connectivity index (χ2n) is 5.12. The highest BCUT2D eigenvalue weighted by molar-refractivity contribution is 5.94. The van der Waals surface area contributed by atoms with Gasteiger partial charge in [-0.05, 0) is 50.9 Å². The molecule has 21 heavy (non-hydrogen) atoms. The van der Waals surface area contributed by atoms with E-state index in [1.54, 1.807) is 0 Å². The van der Waals surface area contributed by atoms with Crippen molar-refractivity contribution in [3.8, 4) is 0 Å². The summed E-state index contributed by atoms with van der Waals surface area (Å²) in [5, 5.41) is 5.94. The fourth-order valence-electron chi connectivity index (χ4n) is 2.40. The summed E-state index contributed by atoms with van der Waals surface area (Å²) in [5.41, 5.74) is -0.211. The van der Waals surface area contributed by atoms with Crippen LogP contribution in [0.25, 0.3) is 0 Å². The van der Waals surface area contributed by atoms with Crippen LogP contribution in [0.2, 0.25) is 0 Å². The molecule has 1 fully saturated rings. The van der Waals surface area contributed by atoms with E-state index >= 15 is 0 Å². The second kappa shape index (κ2) is 7.66. The number of benzene rings is 1. The largest absolute Gasteiger partial charge is 0.349 e. The van der Waals surface area contributed by atoms with E-state index in [2.05, 4.69) is 10.6 Å². The maximum Gasteiger partial charge on any atom is 0.251 e. The molecular formula is C14H18ClF3N2O. The molecule has 1 aromatic rings. The Labute approximate surface area is 127 Å². The summed E-state index contributed by atoms with van der Waals surface area (Å²) in [7, 11) is 0. The minimum atomic E-state index is -1.56. The molecular weight excluding hydrogens is 305 g/mol. The predicted molar refractivity (Wildman–Crippen MR) is 76.1 cm³/mol. The van der Waals surface area contributed by atoms with Gasteiger partial charge in [0.2, 0.25) is 0 Å². The number of hydrogen-bond acceptors (Lipinski definition) is 2. The third-order valence-corrected chi connectivity index (χ3v) is 3.65. The molecule has 0 radical (unpaired) electrons. The Morgan fingerprint density at radius 3 is 2.48 bits per heavy atom. The minimum absolute atomic E-state index is 0.